The van der Waals surface area contributed by atoms with Crippen LogP contribution in [0.3, 0.4) is 0 Å². The van der Waals surface area contributed by atoms with E-state index in [-0.39, 0.29) is 34.2 Å². The van der Waals surface area contributed by atoms with Crippen LogP contribution in [0.5, 0.6) is 6.01 Å². The summed E-state index contributed by atoms with van der Waals surface area (Å²) in [5.74, 6) is -0.278. The molecule has 1 N–H and O–H groups in total. The maximum absolute atomic E-state index is 15.0. The van der Waals surface area contributed by atoms with Gasteiger partial charge in [-0.15, -0.1) is 0 Å². The molecule has 0 aromatic carbocycles. The molecule has 0 unspecified atom stereocenters. The lowest BCUT2D eigenvalue weighted by atomic mass is 9.91. The van der Waals surface area contributed by atoms with E-state index in [1.807, 2.05) is 24.2 Å². The lowest BCUT2D eigenvalue weighted by Crippen LogP contribution is -2.43. The van der Waals surface area contributed by atoms with E-state index in [0.717, 1.165) is 30.8 Å². The summed E-state index contributed by atoms with van der Waals surface area (Å²) < 4.78 is 35.2. The number of H-pyrrole nitrogens is 1. The minimum atomic E-state index is -0.866. The van der Waals surface area contributed by atoms with E-state index >= 15 is 4.39 Å². The standard InChI is InChI=1S/C24H29ClF2N6O/c1-23(2,3)19-16(6-8-28-19)32(4)21-15-11-29-20(25)17(27)18(15)30-22(31-21)34-13-24-7-5-9-33(24)12-14(26)10-24/h6,8,11,14,28H,5,7,9-10,12-13H2,1-4H3/t14-,24+/m1/s1. The van der Waals surface area contributed by atoms with E-state index < -0.39 is 12.0 Å². The van der Waals surface area contributed by atoms with E-state index in [2.05, 4.69) is 45.6 Å². The number of alkyl halides is 1. The summed E-state index contributed by atoms with van der Waals surface area (Å²) in [6.45, 7) is 7.85. The Hall–Kier alpha value is -2.52. The number of anilines is 2. The third kappa shape index (κ3) is 3.88. The van der Waals surface area contributed by atoms with Gasteiger partial charge in [0.05, 0.1) is 16.6 Å². The number of rotatable bonds is 5. The Morgan fingerprint density at radius 3 is 2.91 bits per heavy atom. The number of aromatic amines is 1. The lowest BCUT2D eigenvalue weighted by Gasteiger charge is -2.31. The molecule has 10 heteroatoms. The molecule has 2 atom stereocenters. The number of hydrogen-bond acceptors (Lipinski definition) is 6. The summed E-state index contributed by atoms with van der Waals surface area (Å²) in [6, 6.07) is 1.98. The highest BCUT2D eigenvalue weighted by Gasteiger charge is 2.49. The Bertz CT molecular complexity index is 1230. The molecule has 2 saturated heterocycles. The first-order chi connectivity index (χ1) is 16.1. The van der Waals surface area contributed by atoms with Crippen molar-refractivity contribution < 1.29 is 13.5 Å². The Balaban J connectivity index is 1.56. The van der Waals surface area contributed by atoms with Crippen LogP contribution in [0.4, 0.5) is 20.3 Å². The third-order valence-corrected chi connectivity index (χ3v) is 7.25. The SMILES string of the molecule is CN(c1cc[nH]c1C(C)(C)C)c1nc(OC[C@@]23CCCN2C[C@H](F)C3)nc2c(F)c(Cl)ncc12. The first kappa shape index (κ1) is 23.2. The monoisotopic (exact) mass is 490 g/mol. The van der Waals surface area contributed by atoms with Crippen molar-refractivity contribution in [3.8, 4) is 6.01 Å². The van der Waals surface area contributed by atoms with Gasteiger partial charge in [0.25, 0.3) is 0 Å². The average molecular weight is 491 g/mol. The molecule has 2 aliphatic heterocycles. The van der Waals surface area contributed by atoms with Crippen molar-refractivity contribution in [3.05, 3.63) is 35.1 Å². The normalized spacial score (nSPS) is 23.0. The molecule has 0 saturated carbocycles. The molecule has 0 radical (unpaired) electrons. The van der Waals surface area contributed by atoms with Crippen molar-refractivity contribution in [2.45, 2.75) is 57.2 Å². The van der Waals surface area contributed by atoms with Gasteiger partial charge in [-0.2, -0.15) is 9.97 Å². The first-order valence-corrected chi connectivity index (χ1v) is 11.9. The van der Waals surface area contributed by atoms with Gasteiger partial charge in [0, 0.05) is 43.5 Å². The second-order valence-corrected chi connectivity index (χ2v) is 10.7. The fourth-order valence-electron chi connectivity index (χ4n) is 5.32. The highest BCUT2D eigenvalue weighted by atomic mass is 35.5. The first-order valence-electron chi connectivity index (χ1n) is 11.5. The van der Waals surface area contributed by atoms with Gasteiger partial charge in [0.15, 0.2) is 11.0 Å². The molecule has 3 aromatic heterocycles. The van der Waals surface area contributed by atoms with E-state index in [9.17, 15) is 4.39 Å². The van der Waals surface area contributed by atoms with E-state index in [4.69, 9.17) is 16.3 Å². The van der Waals surface area contributed by atoms with Gasteiger partial charge >= 0.3 is 6.01 Å². The molecule has 0 spiro atoms. The Morgan fingerprint density at radius 1 is 1.35 bits per heavy atom. The number of aromatic nitrogens is 4. The van der Waals surface area contributed by atoms with Crippen molar-refractivity contribution in [1.82, 2.24) is 24.8 Å². The number of nitrogens with one attached hydrogen (secondary N) is 1. The van der Waals surface area contributed by atoms with Crippen molar-refractivity contribution in [3.63, 3.8) is 0 Å². The second kappa shape index (κ2) is 8.30. The smallest absolute Gasteiger partial charge is 0.319 e. The number of hydrogen-bond donors (Lipinski definition) is 1. The minimum absolute atomic E-state index is 0.0342. The molecule has 0 aliphatic carbocycles. The van der Waals surface area contributed by atoms with Crippen molar-refractivity contribution in [2.75, 3.05) is 31.6 Å². The van der Waals surface area contributed by atoms with Crippen LogP contribution in [-0.2, 0) is 5.41 Å². The van der Waals surface area contributed by atoms with Gasteiger partial charge in [-0.05, 0) is 25.5 Å². The molecule has 5 heterocycles. The summed E-state index contributed by atoms with van der Waals surface area (Å²) in [6.07, 6.45) is 4.76. The predicted octanol–water partition coefficient (Wildman–Crippen LogP) is 5.17. The summed E-state index contributed by atoms with van der Waals surface area (Å²) in [5.41, 5.74) is 1.42. The van der Waals surface area contributed by atoms with Gasteiger partial charge in [-0.25, -0.2) is 13.8 Å². The van der Waals surface area contributed by atoms with Gasteiger partial charge < -0.3 is 14.6 Å². The molecule has 182 valence electrons. The molecular weight excluding hydrogens is 462 g/mol. The Labute approximate surface area is 202 Å². The third-order valence-electron chi connectivity index (χ3n) is 6.99. The number of fused-ring (bicyclic) bond motifs is 2. The molecule has 7 nitrogen and oxygen atoms in total. The maximum atomic E-state index is 15.0. The largest absolute Gasteiger partial charge is 0.461 e. The highest BCUT2D eigenvalue weighted by molar-refractivity contribution is 6.30. The van der Waals surface area contributed by atoms with Crippen molar-refractivity contribution >= 4 is 34.0 Å². The fraction of sp³-hybridized carbons (Fsp3) is 0.542. The molecule has 2 fully saturated rings. The van der Waals surface area contributed by atoms with Crippen LogP contribution in [-0.4, -0.2) is 63.3 Å². The van der Waals surface area contributed by atoms with E-state index in [0.29, 0.717) is 24.2 Å². The van der Waals surface area contributed by atoms with Crippen LogP contribution in [0.25, 0.3) is 10.9 Å². The zero-order chi connectivity index (χ0) is 24.3. The zero-order valence-corrected chi connectivity index (χ0v) is 20.6. The summed E-state index contributed by atoms with van der Waals surface area (Å²) in [5, 5.41) is 0.155. The van der Waals surface area contributed by atoms with Crippen LogP contribution >= 0.6 is 11.6 Å². The van der Waals surface area contributed by atoms with Crippen LogP contribution in [0.2, 0.25) is 5.15 Å². The number of pyridine rings is 1. The van der Waals surface area contributed by atoms with Crippen LogP contribution in [0, 0.1) is 5.82 Å². The average Bonchev–Trinajstić information content (AvgIpc) is 3.48. The number of nitrogens with zero attached hydrogens (tertiary/aromatic N) is 5. The number of halogens is 3. The Morgan fingerprint density at radius 2 is 2.15 bits per heavy atom. The minimum Gasteiger partial charge on any atom is -0.461 e. The van der Waals surface area contributed by atoms with Crippen molar-refractivity contribution in [2.24, 2.45) is 0 Å². The van der Waals surface area contributed by atoms with Gasteiger partial charge in [0.1, 0.15) is 24.1 Å². The molecular formula is C24H29ClF2N6O. The highest BCUT2D eigenvalue weighted by Crippen LogP contribution is 2.41. The molecule has 3 aromatic rings. The second-order valence-electron chi connectivity index (χ2n) is 10.4. The van der Waals surface area contributed by atoms with Crippen LogP contribution in [0.1, 0.15) is 45.7 Å². The molecule has 2 aliphatic rings. The molecule has 34 heavy (non-hydrogen) atoms. The number of ether oxygens (including phenoxy) is 1. The maximum Gasteiger partial charge on any atom is 0.319 e. The summed E-state index contributed by atoms with van der Waals surface area (Å²) >= 11 is 5.97. The van der Waals surface area contributed by atoms with E-state index in [1.165, 1.54) is 6.20 Å². The zero-order valence-electron chi connectivity index (χ0n) is 19.8. The van der Waals surface area contributed by atoms with Gasteiger partial charge in [-0.1, -0.05) is 32.4 Å². The van der Waals surface area contributed by atoms with Crippen LogP contribution in [0.15, 0.2) is 18.5 Å². The quantitative estimate of drug-likeness (QED) is 0.498. The van der Waals surface area contributed by atoms with E-state index in [1.54, 1.807) is 0 Å². The van der Waals surface area contributed by atoms with Gasteiger partial charge in [0.2, 0.25) is 0 Å². The molecule has 0 bridgehead atoms. The fourth-order valence-corrected chi connectivity index (χ4v) is 5.46. The van der Waals surface area contributed by atoms with Crippen LogP contribution < -0.4 is 9.64 Å². The molecule has 0 amide bonds. The Kier molecular flexibility index (Phi) is 5.67. The summed E-state index contributed by atoms with van der Waals surface area (Å²) in [7, 11) is 1.86. The van der Waals surface area contributed by atoms with Crippen molar-refractivity contribution in [1.29, 1.82) is 0 Å². The molecule has 5 rings (SSSR count). The van der Waals surface area contributed by atoms with Gasteiger partial charge in [-0.3, -0.25) is 4.90 Å². The predicted molar refractivity (Wildman–Crippen MR) is 128 cm³/mol. The lowest BCUT2D eigenvalue weighted by molar-refractivity contribution is 0.107. The summed E-state index contributed by atoms with van der Waals surface area (Å²) in [4.78, 5) is 20.3. The topological polar surface area (TPSA) is 70.2 Å².